The number of allylic oxidation sites excluding steroid dienone is 1. The molecule has 0 amide bonds. The van der Waals surface area contributed by atoms with Crippen LogP contribution in [0.15, 0.2) is 82.6 Å². The van der Waals surface area contributed by atoms with Gasteiger partial charge < -0.3 is 29.6 Å². The second-order valence-electron chi connectivity index (χ2n) is 18.4. The molecule has 3 aromatic rings. The highest BCUT2D eigenvalue weighted by molar-refractivity contribution is 8.02. The van der Waals surface area contributed by atoms with Crippen molar-refractivity contribution >= 4 is 35.2 Å². The molecule has 0 aliphatic carbocycles. The van der Waals surface area contributed by atoms with Gasteiger partial charge in [0.25, 0.3) is 0 Å². The normalized spacial score (nSPS) is 17.4. The van der Waals surface area contributed by atoms with Gasteiger partial charge in [-0.25, -0.2) is 19.9 Å². The van der Waals surface area contributed by atoms with E-state index < -0.39 is 0 Å². The van der Waals surface area contributed by atoms with Crippen molar-refractivity contribution in [2.75, 3.05) is 71.4 Å². The first-order valence-electron chi connectivity index (χ1n) is 24.0. The smallest absolute Gasteiger partial charge is 0.115 e. The van der Waals surface area contributed by atoms with Gasteiger partial charge in [-0.15, -0.1) is 11.8 Å². The number of likely N-dealkylation sites (tertiary alicyclic amines) is 1. The van der Waals surface area contributed by atoms with Crippen molar-refractivity contribution in [1.29, 1.82) is 0 Å². The van der Waals surface area contributed by atoms with E-state index in [2.05, 4.69) is 163 Å². The van der Waals surface area contributed by atoms with Crippen molar-refractivity contribution in [3.8, 4) is 0 Å². The lowest BCUT2D eigenvalue weighted by molar-refractivity contribution is 0.0238. The van der Waals surface area contributed by atoms with Gasteiger partial charge in [-0.3, -0.25) is 9.80 Å². The number of aromatic nitrogens is 4. The van der Waals surface area contributed by atoms with E-state index in [4.69, 9.17) is 4.74 Å². The molecule has 3 saturated heterocycles. The summed E-state index contributed by atoms with van der Waals surface area (Å²) < 4.78 is 10.5. The Bertz CT molecular complexity index is 1610. The lowest BCUT2D eigenvalue weighted by Crippen LogP contribution is -2.46. The minimum atomic E-state index is 0.459. The van der Waals surface area contributed by atoms with Crippen LogP contribution in [0.1, 0.15) is 127 Å². The quantitative estimate of drug-likeness (QED) is 0.196. The number of aliphatic imine (C=N–C) groups is 1. The Labute approximate surface area is 399 Å². The molecule has 0 saturated carbocycles. The summed E-state index contributed by atoms with van der Waals surface area (Å²) in [5.41, 5.74) is 3.56. The number of benzene rings is 1. The number of rotatable bonds is 7. The number of piperazine rings is 1. The van der Waals surface area contributed by atoms with E-state index in [0.29, 0.717) is 29.8 Å². The van der Waals surface area contributed by atoms with E-state index in [1.807, 2.05) is 48.6 Å². The molecular formula is C50H89N11OS2. The SMILES string of the molecule is CC(C)C1=CSCN1.CC(C)C1=Nc2ccccc2SN1.CC(C)N1CCCC1.CC(C)N1CCNCC1.CC(C)N1CCOCC1.CC(C)c1ccncn1.CC(C)n1ccnc1. The Kier molecular flexibility index (Phi) is 29.9. The number of nitrogens with zero attached hydrogens (tertiary/aromatic N) is 8. The van der Waals surface area contributed by atoms with E-state index in [9.17, 15) is 0 Å². The number of hydrogen-bond donors (Lipinski definition) is 3. The van der Waals surface area contributed by atoms with Crippen molar-refractivity contribution in [1.82, 2.24) is 49.6 Å². The highest BCUT2D eigenvalue weighted by Gasteiger charge is 2.15. The average molecular weight is 924 g/mol. The zero-order valence-corrected chi connectivity index (χ0v) is 44.0. The maximum atomic E-state index is 5.21. The summed E-state index contributed by atoms with van der Waals surface area (Å²) in [7, 11) is 0. The van der Waals surface area contributed by atoms with Gasteiger partial charge >= 0.3 is 0 Å². The van der Waals surface area contributed by atoms with Gasteiger partial charge in [0.05, 0.1) is 36.0 Å². The zero-order chi connectivity index (χ0) is 47.3. The van der Waals surface area contributed by atoms with Gasteiger partial charge in [0.1, 0.15) is 12.2 Å². The van der Waals surface area contributed by atoms with Crippen LogP contribution >= 0.6 is 23.7 Å². The van der Waals surface area contributed by atoms with Crippen LogP contribution in [-0.2, 0) is 4.74 Å². The van der Waals surface area contributed by atoms with Gasteiger partial charge in [-0.1, -0.05) is 53.7 Å². The number of para-hydroxylation sites is 1. The Hall–Kier alpha value is -2.98. The molecule has 8 rings (SSSR count). The monoisotopic (exact) mass is 924 g/mol. The molecule has 7 heterocycles. The first-order valence-corrected chi connectivity index (χ1v) is 25.9. The molecule has 14 heteroatoms. The van der Waals surface area contributed by atoms with Crippen molar-refractivity contribution in [3.05, 3.63) is 78.4 Å². The van der Waals surface area contributed by atoms with Crippen molar-refractivity contribution in [2.24, 2.45) is 16.8 Å². The molecule has 12 nitrogen and oxygen atoms in total. The van der Waals surface area contributed by atoms with Crippen LogP contribution in [0, 0.1) is 11.8 Å². The first-order chi connectivity index (χ1) is 30.6. The summed E-state index contributed by atoms with van der Waals surface area (Å²) in [6.45, 7) is 42.1. The maximum absolute atomic E-state index is 5.21. The number of hydrogen-bond acceptors (Lipinski definition) is 13. The van der Waals surface area contributed by atoms with Gasteiger partial charge in [-0.2, -0.15) is 0 Å². The summed E-state index contributed by atoms with van der Waals surface area (Å²) in [6.07, 6.45) is 11.8. The Morgan fingerprint density at radius 1 is 0.641 bits per heavy atom. The minimum absolute atomic E-state index is 0.459. The predicted octanol–water partition coefficient (Wildman–Crippen LogP) is 10.3. The van der Waals surface area contributed by atoms with E-state index in [0.717, 1.165) is 74.6 Å². The lowest BCUT2D eigenvalue weighted by atomic mass is 10.1. The molecule has 5 aliphatic heterocycles. The van der Waals surface area contributed by atoms with Crippen LogP contribution < -0.4 is 15.4 Å². The summed E-state index contributed by atoms with van der Waals surface area (Å²) in [4.78, 5) is 25.0. The van der Waals surface area contributed by atoms with Crippen LogP contribution in [-0.4, -0.2) is 130 Å². The third kappa shape index (κ3) is 24.5. The third-order valence-corrected chi connectivity index (χ3v) is 12.6. The third-order valence-electron chi connectivity index (χ3n) is 11.0. The predicted molar refractivity (Wildman–Crippen MR) is 278 cm³/mol. The summed E-state index contributed by atoms with van der Waals surface area (Å²) in [6, 6.07) is 12.8. The number of morpholine rings is 1. The van der Waals surface area contributed by atoms with E-state index >= 15 is 0 Å². The maximum Gasteiger partial charge on any atom is 0.115 e. The molecule has 0 bridgehead atoms. The molecule has 0 atom stereocenters. The average Bonchev–Trinajstić information content (AvgIpc) is 4.14. The molecule has 0 radical (unpaired) electrons. The van der Waals surface area contributed by atoms with Crippen LogP contribution in [0.4, 0.5) is 5.69 Å². The van der Waals surface area contributed by atoms with E-state index in [-0.39, 0.29) is 0 Å². The van der Waals surface area contributed by atoms with Crippen LogP contribution in [0.5, 0.6) is 0 Å². The molecule has 3 fully saturated rings. The van der Waals surface area contributed by atoms with Crippen molar-refractivity contribution in [3.63, 3.8) is 0 Å². The fourth-order valence-corrected chi connectivity index (χ4v) is 8.28. The van der Waals surface area contributed by atoms with Gasteiger partial charge in [-0.05, 0) is 129 Å². The number of fused-ring (bicyclic) bond motifs is 1. The van der Waals surface area contributed by atoms with Gasteiger partial charge in [0, 0.05) is 99.3 Å². The molecule has 2 aromatic heterocycles. The van der Waals surface area contributed by atoms with Crippen LogP contribution in [0.2, 0.25) is 0 Å². The fraction of sp³-hybridized carbons (Fsp3) is 0.680. The second-order valence-corrected chi connectivity index (χ2v) is 20.1. The Balaban J connectivity index is 0.000000259. The second kappa shape index (κ2) is 33.5. The summed E-state index contributed by atoms with van der Waals surface area (Å²) >= 11 is 3.48. The molecule has 5 aliphatic rings. The molecular weight excluding hydrogens is 835 g/mol. The fourth-order valence-electron chi connectivity index (χ4n) is 6.55. The summed E-state index contributed by atoms with van der Waals surface area (Å²) in [5.74, 6) is 3.76. The van der Waals surface area contributed by atoms with E-state index in [1.165, 1.54) is 49.6 Å². The number of ether oxygens (including phenoxy) is 1. The van der Waals surface area contributed by atoms with Crippen molar-refractivity contribution < 1.29 is 4.74 Å². The number of imidazole rings is 1. The highest BCUT2D eigenvalue weighted by Crippen LogP contribution is 2.31. The standard InChI is InChI=1S/C10H12N2S.C7H16N2.C7H10N2.C7H15NO.C7H15N.C6H10N2.C6H11NS/c1-7(2)10-11-8-5-3-4-6-9(8)13-12-10;1-7(2)9-5-3-8-4-6-9;1-6(2)7-3-4-8-5-9-7;1-7(2)8-3-5-9-6-4-8;1-7(2)8-5-3-4-6-8;1-6(2)8-4-3-7-5-8;1-5(2)6-3-8-4-7-6/h3-7H,1-2H3,(H,11,12);7-8H,3-6H2,1-2H3;3-6H,1-2H3;7H,3-6H2,1-2H3;7H,3-6H2,1-2H3;3-6H,1-2H3;3,5,7H,4H2,1-2H3. The topological polar surface area (TPSA) is 111 Å². The van der Waals surface area contributed by atoms with Crippen molar-refractivity contribution in [2.45, 2.75) is 145 Å². The summed E-state index contributed by atoms with van der Waals surface area (Å²) in [5, 5.41) is 8.81. The molecule has 64 heavy (non-hydrogen) atoms. The number of amidine groups is 1. The highest BCUT2D eigenvalue weighted by atomic mass is 32.2. The number of thioether (sulfide) groups is 1. The van der Waals surface area contributed by atoms with Gasteiger partial charge in [0.2, 0.25) is 0 Å². The molecule has 3 N–H and O–H groups in total. The zero-order valence-electron chi connectivity index (χ0n) is 42.4. The number of nitrogens with one attached hydrogen (secondary N) is 3. The minimum Gasteiger partial charge on any atom is -0.379 e. The first kappa shape index (κ1) is 57.1. The molecule has 0 spiro atoms. The Morgan fingerprint density at radius 2 is 1.25 bits per heavy atom. The van der Waals surface area contributed by atoms with Crippen LogP contribution in [0.3, 0.4) is 0 Å². The Morgan fingerprint density at radius 3 is 1.64 bits per heavy atom. The van der Waals surface area contributed by atoms with Crippen LogP contribution in [0.25, 0.3) is 0 Å². The lowest BCUT2D eigenvalue weighted by Gasteiger charge is -2.30. The van der Waals surface area contributed by atoms with Gasteiger partial charge in [0.15, 0.2) is 0 Å². The largest absolute Gasteiger partial charge is 0.379 e. The molecule has 0 unspecified atom stereocenters. The van der Waals surface area contributed by atoms with E-state index in [1.54, 1.807) is 30.7 Å². The molecule has 362 valence electrons. The molecule has 1 aromatic carbocycles.